The second-order valence-corrected chi connectivity index (χ2v) is 7.34. The van der Waals surface area contributed by atoms with Crippen molar-refractivity contribution in [3.05, 3.63) is 35.9 Å². The molecular weight excluding hydrogens is 290 g/mol. The van der Waals surface area contributed by atoms with E-state index in [-0.39, 0.29) is 23.8 Å². The highest BCUT2D eigenvalue weighted by atomic mass is 16.6. The minimum absolute atomic E-state index is 0.129. The molecular formula is C19H27NO3. The van der Waals surface area contributed by atoms with Gasteiger partial charge in [0.2, 0.25) is 0 Å². The van der Waals surface area contributed by atoms with Gasteiger partial charge in [-0.15, -0.1) is 0 Å². The molecule has 0 N–H and O–H groups in total. The summed E-state index contributed by atoms with van der Waals surface area (Å²) in [7, 11) is 0. The van der Waals surface area contributed by atoms with Crippen LogP contribution < -0.4 is 0 Å². The van der Waals surface area contributed by atoms with Gasteiger partial charge in [0, 0.05) is 13.0 Å². The third-order valence-electron chi connectivity index (χ3n) is 4.16. The van der Waals surface area contributed by atoms with E-state index in [2.05, 4.69) is 0 Å². The number of likely N-dealkylation sites (tertiary alicyclic amines) is 1. The first-order chi connectivity index (χ1) is 10.8. The van der Waals surface area contributed by atoms with E-state index in [1.54, 1.807) is 4.90 Å². The van der Waals surface area contributed by atoms with Crippen LogP contribution in [0.15, 0.2) is 30.3 Å². The Hall–Kier alpha value is -1.84. The molecule has 1 saturated heterocycles. The minimum atomic E-state index is -0.541. The van der Waals surface area contributed by atoms with Gasteiger partial charge in [0.1, 0.15) is 5.60 Å². The van der Waals surface area contributed by atoms with E-state index in [4.69, 9.17) is 4.74 Å². The van der Waals surface area contributed by atoms with Gasteiger partial charge in [-0.3, -0.25) is 9.69 Å². The number of aryl methyl sites for hydroxylation is 1. The molecule has 126 valence electrons. The molecule has 2 rings (SSSR count). The number of ether oxygens (including phenoxy) is 1. The van der Waals surface area contributed by atoms with Gasteiger partial charge in [-0.25, -0.2) is 4.79 Å². The van der Waals surface area contributed by atoms with Gasteiger partial charge in [0.15, 0.2) is 5.78 Å². The van der Waals surface area contributed by atoms with Crippen molar-refractivity contribution in [2.75, 3.05) is 6.54 Å². The number of hydrogen-bond donors (Lipinski definition) is 0. The summed E-state index contributed by atoms with van der Waals surface area (Å²) in [5.74, 6) is 0.315. The fourth-order valence-corrected chi connectivity index (χ4v) is 3.02. The normalized spacial score (nSPS) is 21.3. The quantitative estimate of drug-likeness (QED) is 0.848. The summed E-state index contributed by atoms with van der Waals surface area (Å²) >= 11 is 0. The van der Waals surface area contributed by atoms with E-state index in [1.165, 1.54) is 0 Å². The molecule has 0 bridgehead atoms. The van der Waals surface area contributed by atoms with Gasteiger partial charge in [-0.2, -0.15) is 0 Å². The molecule has 4 nitrogen and oxygen atoms in total. The Morgan fingerprint density at radius 3 is 2.48 bits per heavy atom. The lowest BCUT2D eigenvalue weighted by molar-refractivity contribution is -0.124. The van der Waals surface area contributed by atoms with Crippen LogP contribution in [0, 0.1) is 5.92 Å². The maximum Gasteiger partial charge on any atom is 0.410 e. The molecule has 2 atom stereocenters. The standard InChI is InChI=1S/C19H27NO3/c1-14-12-13-20(18(22)23-19(2,3)4)17(14)16(21)11-10-15-8-6-5-7-9-15/h5-9,14,17H,10-13H2,1-4H3. The summed E-state index contributed by atoms with van der Waals surface area (Å²) in [4.78, 5) is 26.6. The van der Waals surface area contributed by atoms with E-state index in [0.29, 0.717) is 19.4 Å². The van der Waals surface area contributed by atoms with Gasteiger partial charge >= 0.3 is 6.09 Å². The van der Waals surface area contributed by atoms with Crippen LogP contribution in [0.5, 0.6) is 0 Å². The van der Waals surface area contributed by atoms with Crippen molar-refractivity contribution < 1.29 is 14.3 Å². The van der Waals surface area contributed by atoms with Crippen molar-refractivity contribution >= 4 is 11.9 Å². The monoisotopic (exact) mass is 317 g/mol. The molecule has 0 radical (unpaired) electrons. The molecule has 1 aliphatic rings. The average molecular weight is 317 g/mol. The van der Waals surface area contributed by atoms with Crippen LogP contribution in [0.1, 0.15) is 46.1 Å². The lowest BCUT2D eigenvalue weighted by Crippen LogP contribution is -2.45. The highest BCUT2D eigenvalue weighted by Gasteiger charge is 2.40. The van der Waals surface area contributed by atoms with Crippen LogP contribution in [0.3, 0.4) is 0 Å². The highest BCUT2D eigenvalue weighted by molar-refractivity contribution is 5.88. The van der Waals surface area contributed by atoms with E-state index >= 15 is 0 Å². The van der Waals surface area contributed by atoms with Crippen LogP contribution in [-0.2, 0) is 16.0 Å². The summed E-state index contributed by atoms with van der Waals surface area (Å²) in [5.41, 5.74) is 0.607. The van der Waals surface area contributed by atoms with Crippen molar-refractivity contribution in [1.29, 1.82) is 0 Å². The molecule has 1 fully saturated rings. The molecule has 1 heterocycles. The number of ketones is 1. The van der Waals surface area contributed by atoms with Crippen molar-refractivity contribution in [3.8, 4) is 0 Å². The molecule has 1 aliphatic heterocycles. The predicted octanol–water partition coefficient (Wildman–Crippen LogP) is 3.83. The van der Waals surface area contributed by atoms with Gasteiger partial charge in [0.25, 0.3) is 0 Å². The van der Waals surface area contributed by atoms with E-state index in [1.807, 2.05) is 58.0 Å². The number of hydrogen-bond acceptors (Lipinski definition) is 3. The van der Waals surface area contributed by atoms with Crippen LogP contribution in [0.25, 0.3) is 0 Å². The zero-order valence-electron chi connectivity index (χ0n) is 14.5. The number of carbonyl (C=O) groups is 2. The predicted molar refractivity (Wildman–Crippen MR) is 90.3 cm³/mol. The summed E-state index contributed by atoms with van der Waals surface area (Å²) in [5, 5.41) is 0. The van der Waals surface area contributed by atoms with Crippen LogP contribution in [0.2, 0.25) is 0 Å². The second kappa shape index (κ2) is 7.16. The number of carbonyl (C=O) groups excluding carboxylic acids is 2. The second-order valence-electron chi connectivity index (χ2n) is 7.34. The first kappa shape index (κ1) is 17.5. The molecule has 0 aromatic heterocycles. The molecule has 1 amide bonds. The first-order valence-corrected chi connectivity index (χ1v) is 8.34. The van der Waals surface area contributed by atoms with E-state index in [9.17, 15) is 9.59 Å². The Bertz CT molecular complexity index is 547. The zero-order chi connectivity index (χ0) is 17.0. The summed E-state index contributed by atoms with van der Waals surface area (Å²) < 4.78 is 5.45. The fourth-order valence-electron chi connectivity index (χ4n) is 3.02. The number of benzene rings is 1. The smallest absolute Gasteiger partial charge is 0.410 e. The number of nitrogens with zero attached hydrogens (tertiary/aromatic N) is 1. The lowest BCUT2D eigenvalue weighted by Gasteiger charge is -2.29. The van der Waals surface area contributed by atoms with Crippen LogP contribution in [-0.4, -0.2) is 35.0 Å². The molecule has 0 saturated carbocycles. The van der Waals surface area contributed by atoms with Gasteiger partial charge in [-0.05, 0) is 45.1 Å². The molecule has 23 heavy (non-hydrogen) atoms. The lowest BCUT2D eigenvalue weighted by atomic mass is 9.95. The van der Waals surface area contributed by atoms with Gasteiger partial charge < -0.3 is 4.74 Å². The van der Waals surface area contributed by atoms with Crippen molar-refractivity contribution in [3.63, 3.8) is 0 Å². The molecule has 1 aromatic rings. The number of rotatable bonds is 4. The van der Waals surface area contributed by atoms with E-state index in [0.717, 1.165) is 12.0 Å². The molecule has 0 aliphatic carbocycles. The highest BCUT2D eigenvalue weighted by Crippen LogP contribution is 2.27. The van der Waals surface area contributed by atoms with Crippen molar-refractivity contribution in [2.45, 2.75) is 58.6 Å². The van der Waals surface area contributed by atoms with Crippen molar-refractivity contribution in [1.82, 2.24) is 4.90 Å². The van der Waals surface area contributed by atoms with Gasteiger partial charge in [0.05, 0.1) is 6.04 Å². The molecule has 0 spiro atoms. The topological polar surface area (TPSA) is 46.6 Å². The van der Waals surface area contributed by atoms with Crippen LogP contribution in [0.4, 0.5) is 4.79 Å². The average Bonchev–Trinajstić information content (AvgIpc) is 2.86. The Labute approximate surface area is 138 Å². The maximum absolute atomic E-state index is 12.7. The third-order valence-corrected chi connectivity index (χ3v) is 4.16. The minimum Gasteiger partial charge on any atom is -0.444 e. The largest absolute Gasteiger partial charge is 0.444 e. The summed E-state index contributed by atoms with van der Waals surface area (Å²) in [6.07, 6.45) is 1.64. The van der Waals surface area contributed by atoms with Crippen LogP contribution >= 0.6 is 0 Å². The van der Waals surface area contributed by atoms with Gasteiger partial charge in [-0.1, -0.05) is 37.3 Å². The summed E-state index contributed by atoms with van der Waals surface area (Å²) in [6, 6.07) is 9.62. The SMILES string of the molecule is CC1CCN(C(=O)OC(C)(C)C)C1C(=O)CCc1ccccc1. The van der Waals surface area contributed by atoms with Crippen molar-refractivity contribution in [2.24, 2.45) is 5.92 Å². The van der Waals surface area contributed by atoms with E-state index < -0.39 is 5.60 Å². The number of amides is 1. The number of Topliss-reactive ketones (excluding diaryl/α,β-unsaturated/α-hetero) is 1. The Morgan fingerprint density at radius 1 is 1.22 bits per heavy atom. The first-order valence-electron chi connectivity index (χ1n) is 8.34. The molecule has 1 aromatic carbocycles. The third kappa shape index (κ3) is 4.81. The maximum atomic E-state index is 12.7. The molecule has 4 heteroatoms. The Kier molecular flexibility index (Phi) is 5.45. The summed E-state index contributed by atoms with van der Waals surface area (Å²) in [6.45, 7) is 8.16. The molecule has 2 unspecified atom stereocenters. The Balaban J connectivity index is 1.99. The fraction of sp³-hybridized carbons (Fsp3) is 0.579. The Morgan fingerprint density at radius 2 is 1.87 bits per heavy atom. The zero-order valence-corrected chi connectivity index (χ0v) is 14.5.